The number of amides is 1. The molecule has 1 aromatic rings. The number of nitrogens with zero attached hydrogens (tertiary/aromatic N) is 1. The molecule has 1 fully saturated rings. The van der Waals surface area contributed by atoms with Crippen LogP contribution >= 0.6 is 11.6 Å². The first kappa shape index (κ1) is 16.2. The van der Waals surface area contributed by atoms with Crippen molar-refractivity contribution in [1.29, 1.82) is 0 Å². The van der Waals surface area contributed by atoms with Gasteiger partial charge in [0.25, 0.3) is 5.91 Å². The van der Waals surface area contributed by atoms with E-state index >= 15 is 0 Å². The van der Waals surface area contributed by atoms with Gasteiger partial charge in [0, 0.05) is 25.2 Å². The fraction of sp³-hybridized carbons (Fsp3) is 0.533. The lowest BCUT2D eigenvalue weighted by Gasteiger charge is -2.34. The number of carbonyl (C=O) groups is 1. The molecule has 0 spiro atoms. The van der Waals surface area contributed by atoms with Crippen LogP contribution in [-0.4, -0.2) is 36.0 Å². The van der Waals surface area contributed by atoms with Crippen LogP contribution in [-0.2, 0) is 0 Å². The Labute approximate surface area is 128 Å². The van der Waals surface area contributed by atoms with E-state index < -0.39 is 17.5 Å². The van der Waals surface area contributed by atoms with E-state index in [1.807, 2.05) is 0 Å². The van der Waals surface area contributed by atoms with Crippen LogP contribution in [0.15, 0.2) is 12.1 Å². The Hall–Kier alpha value is -1.20. The van der Waals surface area contributed by atoms with Gasteiger partial charge in [0.15, 0.2) is 11.6 Å². The minimum absolute atomic E-state index is 0.0261. The van der Waals surface area contributed by atoms with Crippen molar-refractivity contribution in [1.82, 2.24) is 10.2 Å². The lowest BCUT2D eigenvalue weighted by molar-refractivity contribution is 0.0900. The number of likely N-dealkylation sites (tertiary alicyclic amines) is 1. The van der Waals surface area contributed by atoms with Gasteiger partial charge in [-0.1, -0.05) is 11.6 Å². The summed E-state index contributed by atoms with van der Waals surface area (Å²) in [5, 5.41) is 2.77. The van der Waals surface area contributed by atoms with Crippen LogP contribution < -0.4 is 5.32 Å². The summed E-state index contributed by atoms with van der Waals surface area (Å²) in [7, 11) is 0. The highest BCUT2D eigenvalue weighted by atomic mass is 35.5. The Balaban J connectivity index is 1.98. The van der Waals surface area contributed by atoms with Crippen LogP contribution in [0.5, 0.6) is 0 Å². The van der Waals surface area contributed by atoms with E-state index in [-0.39, 0.29) is 16.6 Å². The molecule has 1 saturated heterocycles. The minimum atomic E-state index is -1.07. The van der Waals surface area contributed by atoms with Crippen molar-refractivity contribution in [2.45, 2.75) is 38.8 Å². The van der Waals surface area contributed by atoms with E-state index in [9.17, 15) is 13.6 Å². The number of carbonyl (C=O) groups excluding carboxylic acids is 1. The van der Waals surface area contributed by atoms with Gasteiger partial charge < -0.3 is 10.2 Å². The standard InChI is InChI=1S/C15H19ClF2N2O/c1-9(2)20-5-3-10(4-6-20)19-15(21)11-7-13(17)14(18)8-12(11)16/h7-10H,3-6H2,1-2H3,(H,19,21). The number of rotatable bonds is 3. The average molecular weight is 317 g/mol. The summed E-state index contributed by atoms with van der Waals surface area (Å²) in [5.41, 5.74) is -0.0261. The van der Waals surface area contributed by atoms with Crippen LogP contribution in [0.3, 0.4) is 0 Å². The summed E-state index contributed by atoms with van der Waals surface area (Å²) < 4.78 is 26.2. The van der Waals surface area contributed by atoms with Gasteiger partial charge in [-0.3, -0.25) is 4.79 Å². The average Bonchev–Trinajstić information content (AvgIpc) is 2.43. The smallest absolute Gasteiger partial charge is 0.253 e. The maximum atomic E-state index is 13.2. The van der Waals surface area contributed by atoms with Crippen LogP contribution in [0.4, 0.5) is 8.78 Å². The molecule has 1 amide bonds. The predicted molar refractivity (Wildman–Crippen MR) is 78.6 cm³/mol. The summed E-state index contributed by atoms with van der Waals surface area (Å²) in [5.74, 6) is -2.58. The van der Waals surface area contributed by atoms with E-state index in [0.717, 1.165) is 38.1 Å². The van der Waals surface area contributed by atoms with E-state index in [2.05, 4.69) is 24.1 Å². The zero-order valence-corrected chi connectivity index (χ0v) is 12.9. The number of benzene rings is 1. The van der Waals surface area contributed by atoms with E-state index in [1.165, 1.54) is 0 Å². The predicted octanol–water partition coefficient (Wildman–Crippen LogP) is 3.22. The number of hydrogen-bond acceptors (Lipinski definition) is 2. The summed E-state index contributed by atoms with van der Waals surface area (Å²) >= 11 is 5.80. The Morgan fingerprint density at radius 3 is 2.43 bits per heavy atom. The zero-order valence-electron chi connectivity index (χ0n) is 12.1. The molecule has 0 bridgehead atoms. The van der Waals surface area contributed by atoms with Gasteiger partial charge >= 0.3 is 0 Å². The lowest BCUT2D eigenvalue weighted by Crippen LogP contribution is -2.46. The molecule has 1 heterocycles. The lowest BCUT2D eigenvalue weighted by atomic mass is 10.0. The summed E-state index contributed by atoms with van der Waals surface area (Å²) in [6.45, 7) is 6.10. The molecule has 0 saturated carbocycles. The zero-order chi connectivity index (χ0) is 15.6. The van der Waals surface area contributed by atoms with Gasteiger partial charge in [0.05, 0.1) is 10.6 Å². The number of hydrogen-bond donors (Lipinski definition) is 1. The van der Waals surface area contributed by atoms with E-state index in [0.29, 0.717) is 6.04 Å². The highest BCUT2D eigenvalue weighted by Gasteiger charge is 2.23. The first-order valence-corrected chi connectivity index (χ1v) is 7.45. The molecule has 2 rings (SSSR count). The molecule has 1 aliphatic rings. The van der Waals surface area contributed by atoms with Crippen LogP contribution in [0, 0.1) is 11.6 Å². The molecule has 1 aliphatic heterocycles. The Bertz CT molecular complexity index is 529. The molecule has 6 heteroatoms. The number of piperidine rings is 1. The van der Waals surface area contributed by atoms with Gasteiger partial charge in [-0.15, -0.1) is 0 Å². The second-order valence-electron chi connectivity index (χ2n) is 5.62. The summed E-state index contributed by atoms with van der Waals surface area (Å²) in [6, 6.07) is 2.20. The maximum Gasteiger partial charge on any atom is 0.253 e. The van der Waals surface area contributed by atoms with Gasteiger partial charge in [-0.25, -0.2) is 8.78 Å². The monoisotopic (exact) mass is 316 g/mol. The maximum absolute atomic E-state index is 13.2. The van der Waals surface area contributed by atoms with Gasteiger partial charge in [0.1, 0.15) is 0 Å². The van der Waals surface area contributed by atoms with Gasteiger partial charge in [-0.2, -0.15) is 0 Å². The first-order chi connectivity index (χ1) is 9.88. The van der Waals surface area contributed by atoms with E-state index in [1.54, 1.807) is 0 Å². The molecule has 0 unspecified atom stereocenters. The van der Waals surface area contributed by atoms with Gasteiger partial charge in [-0.05, 0) is 38.8 Å². The first-order valence-electron chi connectivity index (χ1n) is 7.08. The van der Waals surface area contributed by atoms with E-state index in [4.69, 9.17) is 11.6 Å². The van der Waals surface area contributed by atoms with Crippen molar-refractivity contribution in [3.63, 3.8) is 0 Å². The Kier molecular flexibility index (Phi) is 5.17. The van der Waals surface area contributed by atoms with Crippen molar-refractivity contribution < 1.29 is 13.6 Å². The van der Waals surface area contributed by atoms with Crippen molar-refractivity contribution in [3.8, 4) is 0 Å². The second kappa shape index (κ2) is 6.71. The largest absolute Gasteiger partial charge is 0.349 e. The molecule has 0 radical (unpaired) electrons. The molecule has 1 aromatic carbocycles. The van der Waals surface area contributed by atoms with Crippen molar-refractivity contribution in [2.24, 2.45) is 0 Å². The summed E-state index contributed by atoms with van der Waals surface area (Å²) in [4.78, 5) is 14.5. The third-order valence-corrected chi connectivity index (χ3v) is 4.16. The molecule has 1 N–H and O–H groups in total. The molecular weight excluding hydrogens is 298 g/mol. The molecule has 0 aliphatic carbocycles. The van der Waals surface area contributed by atoms with Crippen LogP contribution in [0.25, 0.3) is 0 Å². The van der Waals surface area contributed by atoms with Crippen LogP contribution in [0.2, 0.25) is 5.02 Å². The third-order valence-electron chi connectivity index (χ3n) is 3.85. The molecule has 0 aromatic heterocycles. The molecule has 3 nitrogen and oxygen atoms in total. The molecule has 0 atom stereocenters. The minimum Gasteiger partial charge on any atom is -0.349 e. The fourth-order valence-corrected chi connectivity index (χ4v) is 2.76. The highest BCUT2D eigenvalue weighted by molar-refractivity contribution is 6.33. The summed E-state index contributed by atoms with van der Waals surface area (Å²) in [6.07, 6.45) is 1.68. The third kappa shape index (κ3) is 3.92. The molecule has 21 heavy (non-hydrogen) atoms. The van der Waals surface area contributed by atoms with Crippen LogP contribution in [0.1, 0.15) is 37.0 Å². The quantitative estimate of drug-likeness (QED) is 0.868. The topological polar surface area (TPSA) is 32.3 Å². The fourth-order valence-electron chi connectivity index (χ4n) is 2.52. The highest BCUT2D eigenvalue weighted by Crippen LogP contribution is 2.21. The van der Waals surface area contributed by atoms with Gasteiger partial charge in [0.2, 0.25) is 0 Å². The normalized spacial score (nSPS) is 17.2. The van der Waals surface area contributed by atoms with Crippen molar-refractivity contribution in [2.75, 3.05) is 13.1 Å². The second-order valence-corrected chi connectivity index (χ2v) is 6.03. The Morgan fingerprint density at radius 2 is 1.86 bits per heavy atom. The SMILES string of the molecule is CC(C)N1CCC(NC(=O)c2cc(F)c(F)cc2Cl)CC1. The van der Waals surface area contributed by atoms with Crippen molar-refractivity contribution >= 4 is 17.5 Å². The number of halogens is 3. The number of nitrogens with one attached hydrogen (secondary N) is 1. The molecule has 116 valence electrons. The van der Waals surface area contributed by atoms with Crippen molar-refractivity contribution in [3.05, 3.63) is 34.4 Å². The molecular formula is C15H19ClF2N2O. The Morgan fingerprint density at radius 1 is 1.29 bits per heavy atom.